The van der Waals surface area contributed by atoms with Gasteiger partial charge in [-0.05, 0) is 34.2 Å². The first kappa shape index (κ1) is 10.6. The first-order chi connectivity index (χ1) is 6.72. The van der Waals surface area contributed by atoms with Crippen LogP contribution >= 0.6 is 27.3 Å². The maximum Gasteiger partial charge on any atom is 0.0938 e. The van der Waals surface area contributed by atoms with Crippen LogP contribution in [0.25, 0.3) is 0 Å². The Hall–Kier alpha value is 0.1000. The lowest BCUT2D eigenvalue weighted by atomic mass is 9.89. The number of rotatable bonds is 1. The van der Waals surface area contributed by atoms with Crippen LogP contribution in [-0.4, -0.2) is 18.3 Å². The predicted molar refractivity (Wildman–Crippen MR) is 60.6 cm³/mol. The lowest BCUT2D eigenvalue weighted by Crippen LogP contribution is -2.25. The minimum Gasteiger partial charge on any atom is -0.385 e. The molecule has 14 heavy (non-hydrogen) atoms. The van der Waals surface area contributed by atoms with Gasteiger partial charge in [-0.25, -0.2) is 0 Å². The van der Waals surface area contributed by atoms with Crippen LogP contribution in [0.5, 0.6) is 0 Å². The molecule has 1 N–H and O–H groups in total. The van der Waals surface area contributed by atoms with Gasteiger partial charge < -0.3 is 9.84 Å². The van der Waals surface area contributed by atoms with Crippen LogP contribution in [0.2, 0.25) is 0 Å². The molecule has 1 aromatic heterocycles. The molecular formula is C10H13BrO2S. The molecule has 1 atom stereocenters. The quantitative estimate of drug-likeness (QED) is 0.855. The Labute approximate surface area is 96.0 Å². The molecule has 1 unspecified atom stereocenters. The molecule has 0 radical (unpaired) electrons. The van der Waals surface area contributed by atoms with Gasteiger partial charge in [-0.3, -0.25) is 0 Å². The fourth-order valence-electron chi connectivity index (χ4n) is 1.82. The van der Waals surface area contributed by atoms with Gasteiger partial charge in [0.25, 0.3) is 0 Å². The van der Waals surface area contributed by atoms with E-state index < -0.39 is 5.60 Å². The summed E-state index contributed by atoms with van der Waals surface area (Å²) in [6.07, 6.45) is 2.42. The number of hydrogen-bond donors (Lipinski definition) is 1. The molecule has 0 spiro atoms. The fourth-order valence-corrected chi connectivity index (χ4v) is 3.57. The van der Waals surface area contributed by atoms with Crippen molar-refractivity contribution in [1.82, 2.24) is 0 Å². The van der Waals surface area contributed by atoms with E-state index >= 15 is 0 Å². The summed E-state index contributed by atoms with van der Waals surface area (Å²) in [5.74, 6) is 0. The number of halogens is 1. The first-order valence-corrected chi connectivity index (χ1v) is 6.48. The highest BCUT2D eigenvalue weighted by atomic mass is 79.9. The summed E-state index contributed by atoms with van der Waals surface area (Å²) in [5, 5.41) is 14.5. The van der Waals surface area contributed by atoms with E-state index in [9.17, 15) is 5.11 Å². The molecular weight excluding hydrogens is 264 g/mol. The van der Waals surface area contributed by atoms with E-state index in [2.05, 4.69) is 15.9 Å². The van der Waals surface area contributed by atoms with Gasteiger partial charge in [0.15, 0.2) is 0 Å². The number of ether oxygens (including phenoxy) is 1. The molecule has 0 aliphatic carbocycles. The van der Waals surface area contributed by atoms with Gasteiger partial charge in [0, 0.05) is 35.1 Å². The predicted octanol–water partition coefficient (Wildman–Crippen LogP) is 2.90. The lowest BCUT2D eigenvalue weighted by molar-refractivity contribution is 0.0142. The maximum atomic E-state index is 10.5. The van der Waals surface area contributed by atoms with Crippen LogP contribution in [0.3, 0.4) is 0 Å². The van der Waals surface area contributed by atoms with Crippen molar-refractivity contribution >= 4 is 27.3 Å². The third-order valence-electron chi connectivity index (χ3n) is 2.66. The molecule has 2 nitrogen and oxygen atoms in total. The zero-order valence-corrected chi connectivity index (χ0v) is 10.2. The Bertz CT molecular complexity index is 303. The molecule has 78 valence electrons. The topological polar surface area (TPSA) is 29.5 Å². The zero-order valence-electron chi connectivity index (χ0n) is 7.83. The molecule has 1 fully saturated rings. The molecule has 1 saturated heterocycles. The van der Waals surface area contributed by atoms with Crippen LogP contribution in [0, 0.1) is 0 Å². The Morgan fingerprint density at radius 3 is 2.93 bits per heavy atom. The monoisotopic (exact) mass is 276 g/mol. The highest BCUT2D eigenvalue weighted by Crippen LogP contribution is 2.38. The number of aliphatic hydroxyl groups is 1. The van der Waals surface area contributed by atoms with E-state index in [1.54, 1.807) is 11.3 Å². The van der Waals surface area contributed by atoms with Crippen molar-refractivity contribution < 1.29 is 9.84 Å². The summed E-state index contributed by atoms with van der Waals surface area (Å²) < 4.78 is 6.38. The lowest BCUT2D eigenvalue weighted by Gasteiger charge is -2.25. The molecule has 1 aliphatic heterocycles. The molecule has 0 amide bonds. The van der Waals surface area contributed by atoms with Gasteiger partial charge in [0.2, 0.25) is 0 Å². The van der Waals surface area contributed by atoms with E-state index in [0.29, 0.717) is 13.0 Å². The van der Waals surface area contributed by atoms with E-state index in [1.165, 1.54) is 0 Å². The summed E-state index contributed by atoms with van der Waals surface area (Å²) in [4.78, 5) is 0. The minimum atomic E-state index is -0.685. The van der Waals surface area contributed by atoms with Crippen molar-refractivity contribution in [3.63, 3.8) is 0 Å². The standard InChI is InChI=1S/C10H13BrO2S/c11-9-7-14-6-8(9)10(12)2-1-4-13-5-3-10/h6-7,12H,1-5H2. The minimum absolute atomic E-state index is 0.652. The molecule has 4 heteroatoms. The first-order valence-electron chi connectivity index (χ1n) is 4.75. The smallest absolute Gasteiger partial charge is 0.0938 e. The molecule has 2 heterocycles. The normalized spacial score (nSPS) is 28.7. The van der Waals surface area contributed by atoms with Crippen LogP contribution in [0.15, 0.2) is 15.2 Å². The fraction of sp³-hybridized carbons (Fsp3) is 0.600. The van der Waals surface area contributed by atoms with Crippen LogP contribution in [0.1, 0.15) is 24.8 Å². The second-order valence-corrected chi connectivity index (χ2v) is 5.23. The molecule has 1 aliphatic rings. The summed E-state index contributed by atoms with van der Waals surface area (Å²) >= 11 is 5.09. The SMILES string of the molecule is OC1(c2cscc2Br)CCCOCC1. The number of thiophene rings is 1. The average molecular weight is 277 g/mol. The van der Waals surface area contributed by atoms with E-state index in [4.69, 9.17) is 4.74 Å². The average Bonchev–Trinajstić information content (AvgIpc) is 2.46. The summed E-state index contributed by atoms with van der Waals surface area (Å²) in [6, 6.07) is 0. The van der Waals surface area contributed by atoms with E-state index in [1.807, 2.05) is 10.8 Å². The van der Waals surface area contributed by atoms with Gasteiger partial charge in [-0.15, -0.1) is 0 Å². The van der Waals surface area contributed by atoms with Gasteiger partial charge in [0.1, 0.15) is 0 Å². The van der Waals surface area contributed by atoms with Crippen molar-refractivity contribution in [3.8, 4) is 0 Å². The second-order valence-electron chi connectivity index (χ2n) is 3.63. The zero-order chi connectivity index (χ0) is 10.0. The Kier molecular flexibility index (Phi) is 3.27. The highest BCUT2D eigenvalue weighted by Gasteiger charge is 2.32. The third kappa shape index (κ3) is 2.03. The van der Waals surface area contributed by atoms with Crippen molar-refractivity contribution in [2.24, 2.45) is 0 Å². The molecule has 1 aromatic rings. The summed E-state index contributed by atoms with van der Waals surface area (Å²) in [5.41, 5.74) is 0.336. The van der Waals surface area contributed by atoms with Crippen molar-refractivity contribution in [2.75, 3.05) is 13.2 Å². The van der Waals surface area contributed by atoms with Crippen molar-refractivity contribution in [1.29, 1.82) is 0 Å². The van der Waals surface area contributed by atoms with Gasteiger partial charge in [-0.2, -0.15) is 11.3 Å². The summed E-state index contributed by atoms with van der Waals surface area (Å²) in [7, 11) is 0. The molecule has 0 bridgehead atoms. The Balaban J connectivity index is 2.25. The van der Waals surface area contributed by atoms with Crippen LogP contribution in [0.4, 0.5) is 0 Å². The Morgan fingerprint density at radius 1 is 1.36 bits per heavy atom. The Morgan fingerprint density at radius 2 is 2.21 bits per heavy atom. The van der Waals surface area contributed by atoms with E-state index in [-0.39, 0.29) is 0 Å². The van der Waals surface area contributed by atoms with Crippen molar-refractivity contribution in [2.45, 2.75) is 24.9 Å². The summed E-state index contributed by atoms with van der Waals surface area (Å²) in [6.45, 7) is 1.42. The molecule has 0 saturated carbocycles. The van der Waals surface area contributed by atoms with Crippen LogP contribution < -0.4 is 0 Å². The maximum absolute atomic E-state index is 10.5. The largest absolute Gasteiger partial charge is 0.385 e. The van der Waals surface area contributed by atoms with Crippen LogP contribution in [-0.2, 0) is 10.3 Å². The molecule has 0 aromatic carbocycles. The second kappa shape index (κ2) is 4.31. The number of hydrogen-bond acceptors (Lipinski definition) is 3. The van der Waals surface area contributed by atoms with Gasteiger partial charge in [0.05, 0.1) is 5.60 Å². The van der Waals surface area contributed by atoms with E-state index in [0.717, 1.165) is 29.5 Å². The highest BCUT2D eigenvalue weighted by molar-refractivity contribution is 9.10. The van der Waals surface area contributed by atoms with Gasteiger partial charge >= 0.3 is 0 Å². The van der Waals surface area contributed by atoms with Gasteiger partial charge in [-0.1, -0.05) is 0 Å². The van der Waals surface area contributed by atoms with Crippen molar-refractivity contribution in [3.05, 3.63) is 20.8 Å². The molecule has 2 rings (SSSR count). The third-order valence-corrected chi connectivity index (χ3v) is 4.36.